The lowest BCUT2D eigenvalue weighted by Gasteiger charge is -2.24. The van der Waals surface area contributed by atoms with E-state index in [1.165, 1.54) is 4.31 Å². The summed E-state index contributed by atoms with van der Waals surface area (Å²) in [5, 5.41) is 9.46. The number of hydrogen-bond donors (Lipinski definition) is 1. The predicted molar refractivity (Wildman–Crippen MR) is 114 cm³/mol. The molecule has 1 fully saturated rings. The summed E-state index contributed by atoms with van der Waals surface area (Å²) in [5.41, 5.74) is 2.18. The molecule has 4 rings (SSSR count). The summed E-state index contributed by atoms with van der Waals surface area (Å²) < 4.78 is 22.3. The van der Waals surface area contributed by atoms with Gasteiger partial charge in [0.1, 0.15) is 17.6 Å². The zero-order valence-electron chi connectivity index (χ0n) is 15.1. The van der Waals surface area contributed by atoms with E-state index in [0.29, 0.717) is 22.1 Å². The summed E-state index contributed by atoms with van der Waals surface area (Å²) in [5.74, 6) is 0.815. The van der Waals surface area contributed by atoms with E-state index in [4.69, 9.17) is 21.7 Å². The normalized spacial score (nSPS) is 19.1. The summed E-state index contributed by atoms with van der Waals surface area (Å²) in [6.07, 6.45) is 0. The minimum atomic E-state index is -1.65. The fourth-order valence-electron chi connectivity index (χ4n) is 3.25. The van der Waals surface area contributed by atoms with Crippen LogP contribution in [-0.2, 0) is 11.2 Å². The molecule has 0 bridgehead atoms. The van der Waals surface area contributed by atoms with Crippen molar-refractivity contribution in [3.05, 3.63) is 89.4 Å². The van der Waals surface area contributed by atoms with Crippen molar-refractivity contribution in [2.75, 3.05) is 15.7 Å². The van der Waals surface area contributed by atoms with Crippen LogP contribution >= 0.6 is 11.6 Å². The van der Waals surface area contributed by atoms with Gasteiger partial charge in [-0.05, 0) is 42.0 Å². The molecule has 3 aromatic carbocycles. The Morgan fingerprint density at radius 3 is 2.29 bits per heavy atom. The summed E-state index contributed by atoms with van der Waals surface area (Å²) >= 11 is 4.40. The van der Waals surface area contributed by atoms with Crippen LogP contribution in [0.5, 0.6) is 5.75 Å². The third kappa shape index (κ3) is 3.15. The molecular formula is C21H18ClN3O2S. The van der Waals surface area contributed by atoms with Crippen LogP contribution in [0.1, 0.15) is 11.6 Å². The van der Waals surface area contributed by atoms with Gasteiger partial charge < -0.3 is 4.74 Å². The first-order valence-electron chi connectivity index (χ1n) is 8.65. The maximum absolute atomic E-state index is 13.6. The SMILES string of the molecule is COc1ccccc1N1C(c2ccc(Cl)cc2)C(=N)N(c2ccccc2)S1=O. The maximum atomic E-state index is 13.6. The van der Waals surface area contributed by atoms with Crippen LogP contribution in [0.25, 0.3) is 0 Å². The Balaban J connectivity index is 1.88. The topological polar surface area (TPSA) is 56.6 Å². The van der Waals surface area contributed by atoms with Crippen molar-refractivity contribution in [3.63, 3.8) is 0 Å². The molecule has 1 N–H and O–H groups in total. The second-order valence-electron chi connectivity index (χ2n) is 6.20. The summed E-state index contributed by atoms with van der Waals surface area (Å²) in [7, 11) is 1.58. The van der Waals surface area contributed by atoms with E-state index < -0.39 is 17.2 Å². The van der Waals surface area contributed by atoms with Crippen molar-refractivity contribution in [3.8, 4) is 5.75 Å². The molecule has 3 aromatic rings. The number of amidine groups is 1. The molecule has 1 aliphatic rings. The van der Waals surface area contributed by atoms with Crippen molar-refractivity contribution in [2.45, 2.75) is 6.04 Å². The van der Waals surface area contributed by atoms with E-state index >= 15 is 0 Å². The van der Waals surface area contributed by atoms with E-state index in [0.717, 1.165) is 5.56 Å². The van der Waals surface area contributed by atoms with Gasteiger partial charge in [-0.3, -0.25) is 9.71 Å². The van der Waals surface area contributed by atoms with Gasteiger partial charge in [-0.2, -0.15) is 0 Å². The van der Waals surface area contributed by atoms with Crippen LogP contribution in [0.15, 0.2) is 78.9 Å². The molecule has 0 spiro atoms. The minimum absolute atomic E-state index is 0.220. The fourth-order valence-corrected chi connectivity index (χ4v) is 4.84. The Hall–Kier alpha value is -2.83. The van der Waals surface area contributed by atoms with Crippen LogP contribution in [-0.4, -0.2) is 17.2 Å². The molecule has 0 radical (unpaired) electrons. The van der Waals surface area contributed by atoms with Gasteiger partial charge in [0.2, 0.25) is 11.2 Å². The molecule has 7 heteroatoms. The lowest BCUT2D eigenvalue weighted by atomic mass is 10.0. The van der Waals surface area contributed by atoms with Gasteiger partial charge in [0.05, 0.1) is 18.5 Å². The largest absolute Gasteiger partial charge is 0.495 e. The molecule has 0 amide bonds. The van der Waals surface area contributed by atoms with E-state index in [1.807, 2.05) is 66.7 Å². The number of anilines is 2. The van der Waals surface area contributed by atoms with Gasteiger partial charge in [-0.15, -0.1) is 0 Å². The van der Waals surface area contributed by atoms with Gasteiger partial charge >= 0.3 is 0 Å². The molecule has 0 aliphatic carbocycles. The number of nitrogens with zero attached hydrogens (tertiary/aromatic N) is 2. The molecule has 28 heavy (non-hydrogen) atoms. The number of methoxy groups -OCH3 is 1. The number of nitrogens with one attached hydrogen (secondary N) is 1. The first-order valence-corrected chi connectivity index (χ1v) is 10.1. The van der Waals surface area contributed by atoms with E-state index in [-0.39, 0.29) is 5.84 Å². The number of ether oxygens (including phenoxy) is 1. The van der Waals surface area contributed by atoms with Gasteiger partial charge in [0.15, 0.2) is 0 Å². The molecule has 5 nitrogen and oxygen atoms in total. The van der Waals surface area contributed by atoms with Crippen LogP contribution in [0.4, 0.5) is 11.4 Å². The van der Waals surface area contributed by atoms with Crippen molar-refractivity contribution in [1.82, 2.24) is 0 Å². The van der Waals surface area contributed by atoms with Crippen molar-refractivity contribution in [2.24, 2.45) is 0 Å². The molecule has 1 heterocycles. The van der Waals surface area contributed by atoms with E-state index in [2.05, 4.69) is 0 Å². The zero-order valence-corrected chi connectivity index (χ0v) is 16.7. The average Bonchev–Trinajstić information content (AvgIpc) is 2.99. The highest BCUT2D eigenvalue weighted by Crippen LogP contribution is 2.43. The number of benzene rings is 3. The summed E-state index contributed by atoms with van der Waals surface area (Å²) in [6, 6.07) is 23.4. The van der Waals surface area contributed by atoms with Crippen LogP contribution in [0.3, 0.4) is 0 Å². The quantitative estimate of drug-likeness (QED) is 0.658. The lowest BCUT2D eigenvalue weighted by molar-refractivity contribution is 0.415. The second-order valence-corrected chi connectivity index (χ2v) is 7.85. The Labute approximate surface area is 171 Å². The molecular weight excluding hydrogens is 394 g/mol. The van der Waals surface area contributed by atoms with Crippen LogP contribution < -0.4 is 13.3 Å². The average molecular weight is 412 g/mol. The van der Waals surface area contributed by atoms with Gasteiger partial charge in [0, 0.05) is 5.02 Å². The Kier molecular flexibility index (Phi) is 5.07. The van der Waals surface area contributed by atoms with Crippen molar-refractivity contribution < 1.29 is 8.95 Å². The molecule has 0 aromatic heterocycles. The number of rotatable bonds is 4. The summed E-state index contributed by atoms with van der Waals surface area (Å²) in [6.45, 7) is 0. The van der Waals surface area contributed by atoms with E-state index in [9.17, 15) is 4.21 Å². The maximum Gasteiger partial charge on any atom is 0.232 e. The smallest absolute Gasteiger partial charge is 0.232 e. The Morgan fingerprint density at radius 2 is 1.61 bits per heavy atom. The molecule has 2 atom stereocenters. The Bertz CT molecular complexity index is 1030. The van der Waals surface area contributed by atoms with Crippen LogP contribution in [0, 0.1) is 5.41 Å². The third-order valence-corrected chi connectivity index (χ3v) is 6.25. The number of hydrogen-bond acceptors (Lipinski definition) is 3. The monoisotopic (exact) mass is 411 g/mol. The lowest BCUT2D eigenvalue weighted by Crippen LogP contribution is -2.28. The molecule has 0 saturated carbocycles. The number of halogens is 1. The molecule has 1 aliphatic heterocycles. The first kappa shape index (κ1) is 18.5. The highest BCUT2D eigenvalue weighted by atomic mass is 35.5. The predicted octanol–water partition coefficient (Wildman–Crippen LogP) is 4.97. The highest BCUT2D eigenvalue weighted by molar-refractivity contribution is 7.89. The third-order valence-electron chi connectivity index (χ3n) is 4.54. The second kappa shape index (κ2) is 7.66. The standard InChI is InChI=1S/C21H18ClN3O2S/c1-27-19-10-6-5-9-18(19)25-20(15-11-13-16(22)14-12-15)21(23)24(28(25)26)17-7-3-2-4-8-17/h2-14,20,23H,1H3. The van der Waals surface area contributed by atoms with Crippen molar-refractivity contribution in [1.29, 1.82) is 5.41 Å². The fraction of sp³-hybridized carbons (Fsp3) is 0.0952. The van der Waals surface area contributed by atoms with Gasteiger partial charge in [-0.25, -0.2) is 8.51 Å². The molecule has 142 valence electrons. The number of para-hydroxylation sites is 3. The highest BCUT2D eigenvalue weighted by Gasteiger charge is 2.45. The zero-order chi connectivity index (χ0) is 19.7. The van der Waals surface area contributed by atoms with E-state index in [1.54, 1.807) is 23.5 Å². The van der Waals surface area contributed by atoms with Gasteiger partial charge in [0.25, 0.3) is 0 Å². The molecule has 1 saturated heterocycles. The minimum Gasteiger partial charge on any atom is -0.495 e. The molecule has 2 unspecified atom stereocenters. The van der Waals surface area contributed by atoms with Gasteiger partial charge in [-0.1, -0.05) is 54.1 Å². The van der Waals surface area contributed by atoms with Crippen molar-refractivity contribution >= 4 is 40.0 Å². The summed E-state index contributed by atoms with van der Waals surface area (Å²) in [4.78, 5) is 0. The first-order chi connectivity index (χ1) is 13.6. The van der Waals surface area contributed by atoms with Crippen LogP contribution in [0.2, 0.25) is 5.02 Å². The Morgan fingerprint density at radius 1 is 0.964 bits per heavy atom.